The molecule has 5 aromatic rings. The number of methoxy groups -OCH3 is 2. The lowest BCUT2D eigenvalue weighted by Crippen LogP contribution is -2.19. The Morgan fingerprint density at radius 3 is 1.83 bits per heavy atom. The Kier molecular flexibility index (Phi) is 12.9. The first kappa shape index (κ1) is 35.1. The van der Waals surface area contributed by atoms with Gasteiger partial charge in [-0.3, -0.25) is 0 Å². The van der Waals surface area contributed by atoms with Crippen LogP contribution in [0.4, 0.5) is 0 Å². The summed E-state index contributed by atoms with van der Waals surface area (Å²) in [6, 6.07) is 34.6. The summed E-state index contributed by atoms with van der Waals surface area (Å²) < 4.78 is 12.3. The van der Waals surface area contributed by atoms with Crippen LogP contribution in [0.1, 0.15) is 92.7 Å². The maximum atomic E-state index is 13.1. The van der Waals surface area contributed by atoms with Gasteiger partial charge in [-0.05, 0) is 40.8 Å². The zero-order valence-electron chi connectivity index (χ0n) is 27.0. The second-order valence-electron chi connectivity index (χ2n) is 10.9. The summed E-state index contributed by atoms with van der Waals surface area (Å²) in [7, 11) is 2.79. The van der Waals surface area contributed by atoms with Crippen LogP contribution in [0.3, 0.4) is 0 Å². The van der Waals surface area contributed by atoms with Gasteiger partial charge in [-0.15, -0.1) is 0 Å². The van der Waals surface area contributed by atoms with Crippen molar-refractivity contribution in [1.82, 2.24) is 14.8 Å². The summed E-state index contributed by atoms with van der Waals surface area (Å²) >= 11 is 1.53. The molecule has 8 nitrogen and oxygen atoms in total. The first-order valence-electron chi connectivity index (χ1n) is 15.6. The molecule has 0 radical (unpaired) electrons. The van der Waals surface area contributed by atoms with Gasteiger partial charge in [0.05, 0.1) is 30.6 Å². The number of aromatic nitrogens is 3. The standard InChI is InChI=1S/C38H39N3O4S.H2O/c1-4-5-6-13-26-33-39-38(46-35(28-20-11-8-12-21-28)30-23-15-17-25-32(30)37(43)45-3)41(40-33)34(27-18-9-7-10-19-27)29-22-14-16-24-31(29)36(42)44-2;/h7-12,14-25,34-35H,4-6,13,26H2,1-3H3;1H2. The Morgan fingerprint density at radius 2 is 1.23 bits per heavy atom. The van der Waals surface area contributed by atoms with Crippen LogP contribution in [0.25, 0.3) is 0 Å². The number of carbonyl (C=O) groups is 2. The molecule has 0 amide bonds. The summed E-state index contributed by atoms with van der Waals surface area (Å²) in [5.74, 6) is -0.0765. The number of nitrogens with zero attached hydrogens (tertiary/aromatic N) is 3. The zero-order valence-corrected chi connectivity index (χ0v) is 27.8. The van der Waals surface area contributed by atoms with E-state index in [1.54, 1.807) is 12.1 Å². The van der Waals surface area contributed by atoms with Gasteiger partial charge in [-0.1, -0.05) is 135 Å². The fourth-order valence-electron chi connectivity index (χ4n) is 5.60. The van der Waals surface area contributed by atoms with Crippen molar-refractivity contribution >= 4 is 23.7 Å². The van der Waals surface area contributed by atoms with E-state index in [0.717, 1.165) is 60.2 Å². The van der Waals surface area contributed by atoms with Gasteiger partial charge in [0, 0.05) is 6.42 Å². The SMILES string of the molecule is CCCCCCc1nc(SC(c2ccccc2)c2ccccc2C(=O)OC)n(C(c2ccccc2)c2ccccc2C(=O)OC)n1.O. The summed E-state index contributed by atoms with van der Waals surface area (Å²) in [5.41, 5.74) is 4.49. The third-order valence-corrected chi connectivity index (χ3v) is 9.14. The van der Waals surface area contributed by atoms with Crippen LogP contribution in [-0.2, 0) is 15.9 Å². The maximum absolute atomic E-state index is 13.1. The molecule has 2 unspecified atom stereocenters. The molecule has 0 saturated carbocycles. The van der Waals surface area contributed by atoms with E-state index >= 15 is 0 Å². The van der Waals surface area contributed by atoms with Crippen LogP contribution in [0, 0.1) is 0 Å². The topological polar surface area (TPSA) is 115 Å². The van der Waals surface area contributed by atoms with E-state index in [-0.39, 0.29) is 10.7 Å². The average molecular weight is 652 g/mol. The number of unbranched alkanes of at least 4 members (excludes halogenated alkanes) is 3. The largest absolute Gasteiger partial charge is 0.465 e. The fourth-order valence-corrected chi connectivity index (χ4v) is 6.85. The highest BCUT2D eigenvalue weighted by Crippen LogP contribution is 2.43. The van der Waals surface area contributed by atoms with E-state index in [9.17, 15) is 9.59 Å². The van der Waals surface area contributed by atoms with E-state index in [2.05, 4.69) is 19.1 Å². The van der Waals surface area contributed by atoms with Crippen LogP contribution >= 0.6 is 11.8 Å². The second-order valence-corrected chi connectivity index (χ2v) is 12.0. The van der Waals surface area contributed by atoms with E-state index in [1.165, 1.54) is 26.0 Å². The molecule has 244 valence electrons. The summed E-state index contributed by atoms with van der Waals surface area (Å²) in [6.45, 7) is 2.20. The van der Waals surface area contributed by atoms with Crippen LogP contribution in [-0.4, -0.2) is 46.4 Å². The molecule has 0 aliphatic rings. The van der Waals surface area contributed by atoms with Gasteiger partial charge in [0.25, 0.3) is 0 Å². The van der Waals surface area contributed by atoms with Crippen LogP contribution in [0.5, 0.6) is 0 Å². The van der Waals surface area contributed by atoms with Crippen LogP contribution < -0.4 is 0 Å². The molecule has 0 aliphatic carbocycles. The Balaban J connectivity index is 0.00000500. The van der Waals surface area contributed by atoms with E-state index < -0.39 is 18.0 Å². The molecule has 0 fully saturated rings. The summed E-state index contributed by atoms with van der Waals surface area (Å²) in [6.07, 6.45) is 5.10. The van der Waals surface area contributed by atoms with Gasteiger partial charge in [0.2, 0.25) is 0 Å². The lowest BCUT2D eigenvalue weighted by Gasteiger charge is -2.24. The molecule has 0 saturated heterocycles. The number of benzene rings is 4. The Hall–Kier alpha value is -4.73. The molecule has 2 N–H and O–H groups in total. The minimum absolute atomic E-state index is 0. The highest BCUT2D eigenvalue weighted by molar-refractivity contribution is 7.99. The molecular weight excluding hydrogens is 611 g/mol. The Labute approximate surface area is 280 Å². The van der Waals surface area contributed by atoms with Crippen molar-refractivity contribution in [3.8, 4) is 0 Å². The van der Waals surface area contributed by atoms with Gasteiger partial charge in [-0.25, -0.2) is 19.3 Å². The molecular formula is C38H41N3O5S. The number of rotatable bonds is 14. The smallest absolute Gasteiger partial charge is 0.338 e. The van der Waals surface area contributed by atoms with Gasteiger partial charge >= 0.3 is 11.9 Å². The van der Waals surface area contributed by atoms with Crippen molar-refractivity contribution < 1.29 is 24.5 Å². The number of hydrogen-bond donors (Lipinski definition) is 0. The van der Waals surface area contributed by atoms with Crippen molar-refractivity contribution in [3.05, 3.63) is 148 Å². The predicted molar refractivity (Wildman–Crippen MR) is 185 cm³/mol. The first-order valence-corrected chi connectivity index (χ1v) is 16.5. The highest BCUT2D eigenvalue weighted by atomic mass is 32.2. The molecule has 5 rings (SSSR count). The monoisotopic (exact) mass is 651 g/mol. The minimum atomic E-state index is -0.469. The molecule has 1 aromatic heterocycles. The third-order valence-electron chi connectivity index (χ3n) is 7.89. The quantitative estimate of drug-likeness (QED) is 0.0688. The van der Waals surface area contributed by atoms with Crippen molar-refractivity contribution in [1.29, 1.82) is 0 Å². The number of carbonyl (C=O) groups excluding carboxylic acids is 2. The van der Waals surface area contributed by atoms with Crippen molar-refractivity contribution in [2.75, 3.05) is 14.2 Å². The van der Waals surface area contributed by atoms with Gasteiger partial charge in [0.1, 0.15) is 6.04 Å². The lowest BCUT2D eigenvalue weighted by atomic mass is 9.94. The van der Waals surface area contributed by atoms with Crippen LogP contribution in [0.15, 0.2) is 114 Å². The molecule has 0 spiro atoms. The summed E-state index contributed by atoms with van der Waals surface area (Å²) in [4.78, 5) is 31.2. The molecule has 47 heavy (non-hydrogen) atoms. The van der Waals surface area contributed by atoms with Crippen LogP contribution in [0.2, 0.25) is 0 Å². The van der Waals surface area contributed by atoms with E-state index in [1.807, 2.05) is 89.6 Å². The lowest BCUT2D eigenvalue weighted by molar-refractivity contribution is 0.0590. The zero-order chi connectivity index (χ0) is 32.3. The predicted octanol–water partition coefficient (Wildman–Crippen LogP) is 7.67. The molecule has 9 heteroatoms. The number of esters is 2. The van der Waals surface area contributed by atoms with Gasteiger partial charge in [-0.2, -0.15) is 5.10 Å². The molecule has 0 bridgehead atoms. The Morgan fingerprint density at radius 1 is 0.702 bits per heavy atom. The molecule has 1 heterocycles. The minimum Gasteiger partial charge on any atom is -0.465 e. The highest BCUT2D eigenvalue weighted by Gasteiger charge is 2.30. The number of ether oxygens (including phenoxy) is 2. The van der Waals surface area contributed by atoms with Crippen molar-refractivity contribution in [3.63, 3.8) is 0 Å². The number of aryl methyl sites for hydroxylation is 1. The fraction of sp³-hybridized carbons (Fsp3) is 0.263. The van der Waals surface area contributed by atoms with Gasteiger partial charge in [0.15, 0.2) is 11.0 Å². The van der Waals surface area contributed by atoms with Crippen molar-refractivity contribution in [2.45, 2.75) is 55.5 Å². The van der Waals surface area contributed by atoms with E-state index in [0.29, 0.717) is 16.3 Å². The summed E-state index contributed by atoms with van der Waals surface area (Å²) in [5, 5.41) is 5.51. The molecule has 2 atom stereocenters. The second kappa shape index (κ2) is 17.3. The third kappa shape index (κ3) is 8.36. The normalized spacial score (nSPS) is 12.1. The van der Waals surface area contributed by atoms with E-state index in [4.69, 9.17) is 19.6 Å². The maximum Gasteiger partial charge on any atom is 0.338 e. The van der Waals surface area contributed by atoms with Crippen molar-refractivity contribution in [2.24, 2.45) is 0 Å². The number of hydrogen-bond acceptors (Lipinski definition) is 7. The average Bonchev–Trinajstić information content (AvgIpc) is 3.51. The van der Waals surface area contributed by atoms with Gasteiger partial charge < -0.3 is 14.9 Å². The molecule has 0 aliphatic heterocycles. The molecule has 4 aromatic carbocycles. The first-order chi connectivity index (χ1) is 22.5. The number of thioether (sulfide) groups is 1. The Bertz CT molecular complexity index is 1740.